The fourth-order valence-corrected chi connectivity index (χ4v) is 2.89. The third-order valence-corrected chi connectivity index (χ3v) is 4.88. The van der Waals surface area contributed by atoms with Crippen LogP contribution in [0.4, 0.5) is 0 Å². The van der Waals surface area contributed by atoms with Gasteiger partial charge in [-0.1, -0.05) is 6.42 Å². The normalized spacial score (nSPS) is 13.9. The molecule has 0 fully saturated rings. The number of sulfonamides is 1. The summed E-state index contributed by atoms with van der Waals surface area (Å²) in [6, 6.07) is 0. The molecule has 0 saturated carbocycles. The van der Waals surface area contributed by atoms with Crippen LogP contribution < -0.4 is 10.0 Å². The van der Waals surface area contributed by atoms with Crippen LogP contribution in [-0.4, -0.2) is 45.8 Å². The van der Waals surface area contributed by atoms with Gasteiger partial charge in [-0.25, -0.2) is 13.1 Å². The van der Waals surface area contributed by atoms with Gasteiger partial charge in [-0.2, -0.15) is 11.8 Å². The average molecular weight is 268 g/mol. The number of unbranched alkanes of at least 4 members (excludes halogenated alkanes) is 2. The highest BCUT2D eigenvalue weighted by Gasteiger charge is 2.18. The van der Waals surface area contributed by atoms with Crippen LogP contribution in [0.1, 0.15) is 26.2 Å². The molecule has 1 unspecified atom stereocenters. The molecule has 6 heteroatoms. The van der Waals surface area contributed by atoms with Crippen LogP contribution in [0.5, 0.6) is 0 Å². The highest BCUT2D eigenvalue weighted by molar-refractivity contribution is 7.98. The Labute approximate surface area is 104 Å². The van der Waals surface area contributed by atoms with Crippen molar-refractivity contribution < 1.29 is 8.42 Å². The zero-order valence-electron chi connectivity index (χ0n) is 10.5. The van der Waals surface area contributed by atoms with E-state index in [0.717, 1.165) is 25.0 Å². The molecule has 4 nitrogen and oxygen atoms in total. The van der Waals surface area contributed by atoms with E-state index in [1.807, 2.05) is 11.8 Å². The summed E-state index contributed by atoms with van der Waals surface area (Å²) in [5.74, 6) is 1.16. The molecule has 2 N–H and O–H groups in total. The lowest BCUT2D eigenvalue weighted by molar-refractivity contribution is 0.559. The zero-order chi connectivity index (χ0) is 12.4. The minimum atomic E-state index is -3.13. The molecule has 0 radical (unpaired) electrons. The van der Waals surface area contributed by atoms with Crippen LogP contribution in [0.15, 0.2) is 0 Å². The van der Waals surface area contributed by atoms with Crippen molar-refractivity contribution in [2.24, 2.45) is 0 Å². The molecule has 1 atom stereocenters. The summed E-state index contributed by atoms with van der Waals surface area (Å²) in [5.41, 5.74) is 0. The standard InChI is InChI=1S/C10H24N2O2S2/c1-10(9-11-2)16(13,14)12-7-5-4-6-8-15-3/h10-12H,4-9H2,1-3H3. The number of thioether (sulfide) groups is 1. The van der Waals surface area contributed by atoms with Crippen molar-refractivity contribution in [2.75, 3.05) is 32.1 Å². The molecule has 0 saturated heterocycles. The van der Waals surface area contributed by atoms with Gasteiger partial charge in [0.1, 0.15) is 0 Å². The summed E-state index contributed by atoms with van der Waals surface area (Å²) in [6.45, 7) is 2.76. The van der Waals surface area contributed by atoms with E-state index in [4.69, 9.17) is 0 Å². The fraction of sp³-hybridized carbons (Fsp3) is 1.00. The van der Waals surface area contributed by atoms with Crippen molar-refractivity contribution >= 4 is 21.8 Å². The molecule has 0 spiro atoms. The molecule has 0 aliphatic rings. The average Bonchev–Trinajstić information content (AvgIpc) is 2.23. The van der Waals surface area contributed by atoms with Crippen molar-refractivity contribution in [1.29, 1.82) is 0 Å². The highest BCUT2D eigenvalue weighted by Crippen LogP contribution is 2.02. The first kappa shape index (κ1) is 16.2. The Hall–Kier alpha value is 0.220. The van der Waals surface area contributed by atoms with Crippen molar-refractivity contribution in [3.05, 3.63) is 0 Å². The molecule has 0 aromatic rings. The summed E-state index contributed by atoms with van der Waals surface area (Å²) >= 11 is 1.83. The monoisotopic (exact) mass is 268 g/mol. The van der Waals surface area contributed by atoms with Crippen LogP contribution in [0.25, 0.3) is 0 Å². The quantitative estimate of drug-likeness (QED) is 0.581. The van der Waals surface area contributed by atoms with Gasteiger partial charge in [0.15, 0.2) is 0 Å². The predicted octanol–water partition coefficient (Wildman–Crippen LogP) is 1.05. The maximum absolute atomic E-state index is 11.7. The molecule has 0 aromatic carbocycles. The second-order valence-corrected chi connectivity index (χ2v) is 7.03. The van der Waals surface area contributed by atoms with Crippen molar-refractivity contribution in [2.45, 2.75) is 31.4 Å². The molecular formula is C10H24N2O2S2. The summed E-state index contributed by atoms with van der Waals surface area (Å²) in [7, 11) is -1.37. The van der Waals surface area contributed by atoms with E-state index in [1.54, 1.807) is 14.0 Å². The van der Waals surface area contributed by atoms with Gasteiger partial charge in [0, 0.05) is 13.1 Å². The third-order valence-electron chi connectivity index (χ3n) is 2.35. The minimum absolute atomic E-state index is 0.372. The summed E-state index contributed by atoms with van der Waals surface area (Å²) < 4.78 is 26.0. The number of nitrogens with one attached hydrogen (secondary N) is 2. The largest absolute Gasteiger partial charge is 0.318 e. The van der Waals surface area contributed by atoms with Gasteiger partial charge in [0.2, 0.25) is 10.0 Å². The van der Waals surface area contributed by atoms with Crippen molar-refractivity contribution in [3.63, 3.8) is 0 Å². The van der Waals surface area contributed by atoms with Crippen molar-refractivity contribution in [1.82, 2.24) is 10.0 Å². The lowest BCUT2D eigenvalue weighted by Gasteiger charge is -2.13. The van der Waals surface area contributed by atoms with Gasteiger partial charge in [-0.15, -0.1) is 0 Å². The summed E-state index contributed by atoms with van der Waals surface area (Å²) in [5, 5.41) is 2.50. The van der Waals surface area contributed by atoms with Gasteiger partial charge in [0.05, 0.1) is 5.25 Å². The Morgan fingerprint density at radius 3 is 2.50 bits per heavy atom. The zero-order valence-corrected chi connectivity index (χ0v) is 12.1. The van der Waals surface area contributed by atoms with Crippen LogP contribution >= 0.6 is 11.8 Å². The second kappa shape index (κ2) is 9.27. The van der Waals surface area contributed by atoms with E-state index in [9.17, 15) is 8.42 Å². The van der Waals surface area contributed by atoms with Crippen LogP contribution in [-0.2, 0) is 10.0 Å². The lowest BCUT2D eigenvalue weighted by atomic mass is 10.2. The molecular weight excluding hydrogens is 244 g/mol. The van der Waals surface area contributed by atoms with Crippen LogP contribution in [0.2, 0.25) is 0 Å². The molecule has 16 heavy (non-hydrogen) atoms. The van der Waals surface area contributed by atoms with E-state index in [-0.39, 0.29) is 5.25 Å². The Morgan fingerprint density at radius 2 is 1.94 bits per heavy atom. The van der Waals surface area contributed by atoms with Crippen molar-refractivity contribution in [3.8, 4) is 0 Å². The molecule has 0 aromatic heterocycles. The minimum Gasteiger partial charge on any atom is -0.318 e. The van der Waals surface area contributed by atoms with Crippen LogP contribution in [0, 0.1) is 0 Å². The van der Waals surface area contributed by atoms with Gasteiger partial charge in [0.25, 0.3) is 0 Å². The molecule has 0 bridgehead atoms. The van der Waals surface area contributed by atoms with Gasteiger partial charge < -0.3 is 5.32 Å². The first-order chi connectivity index (χ1) is 7.54. The molecule has 98 valence electrons. The maximum atomic E-state index is 11.7. The number of hydrogen-bond donors (Lipinski definition) is 2. The third kappa shape index (κ3) is 7.49. The van der Waals surface area contributed by atoms with Gasteiger partial charge >= 0.3 is 0 Å². The molecule has 0 aliphatic heterocycles. The number of hydrogen-bond acceptors (Lipinski definition) is 4. The van der Waals surface area contributed by atoms with E-state index >= 15 is 0 Å². The van der Waals surface area contributed by atoms with Gasteiger partial charge in [-0.05, 0) is 38.8 Å². The van der Waals surface area contributed by atoms with E-state index in [1.165, 1.54) is 0 Å². The van der Waals surface area contributed by atoms with E-state index < -0.39 is 10.0 Å². The maximum Gasteiger partial charge on any atom is 0.215 e. The smallest absolute Gasteiger partial charge is 0.215 e. The number of rotatable bonds is 10. The molecule has 0 amide bonds. The highest BCUT2D eigenvalue weighted by atomic mass is 32.2. The Kier molecular flexibility index (Phi) is 9.40. The summed E-state index contributed by atoms with van der Waals surface area (Å²) in [4.78, 5) is 0. The van der Waals surface area contributed by atoms with E-state index in [0.29, 0.717) is 13.1 Å². The first-order valence-corrected chi connectivity index (χ1v) is 8.60. The Morgan fingerprint density at radius 1 is 1.25 bits per heavy atom. The molecule has 0 rings (SSSR count). The first-order valence-electron chi connectivity index (χ1n) is 5.66. The van der Waals surface area contributed by atoms with E-state index in [2.05, 4.69) is 16.3 Å². The van der Waals surface area contributed by atoms with Crippen LogP contribution in [0.3, 0.4) is 0 Å². The Balaban J connectivity index is 3.66. The SMILES string of the molecule is CNCC(C)S(=O)(=O)NCCCCCSC. The molecule has 0 heterocycles. The topological polar surface area (TPSA) is 58.2 Å². The second-order valence-electron chi connectivity index (χ2n) is 3.86. The summed E-state index contributed by atoms with van der Waals surface area (Å²) in [6.07, 6.45) is 5.26. The molecule has 0 aliphatic carbocycles. The van der Waals surface area contributed by atoms with Gasteiger partial charge in [-0.3, -0.25) is 0 Å². The fourth-order valence-electron chi connectivity index (χ4n) is 1.30. The predicted molar refractivity (Wildman–Crippen MR) is 72.5 cm³/mol. The Bertz CT molecular complexity index is 256. The lowest BCUT2D eigenvalue weighted by Crippen LogP contribution is -2.38.